The standard InChI is InChI=1S/C19H19ClN2O3/c1-12(2)11-17(23)21-22-19(25)16-6-4-3-5-15(16)18(24)13-7-9-14(20)10-8-13/h3-10,12H,11H2,1-2H3,(H,21,23)(H,22,25). The molecule has 0 atom stereocenters. The number of ketones is 1. The van der Waals surface area contributed by atoms with Gasteiger partial charge in [-0.15, -0.1) is 0 Å². The fourth-order valence-electron chi connectivity index (χ4n) is 2.25. The van der Waals surface area contributed by atoms with Gasteiger partial charge < -0.3 is 0 Å². The molecule has 25 heavy (non-hydrogen) atoms. The molecular formula is C19H19ClN2O3. The van der Waals surface area contributed by atoms with Gasteiger partial charge in [-0.3, -0.25) is 25.2 Å². The van der Waals surface area contributed by atoms with E-state index in [-0.39, 0.29) is 28.7 Å². The molecule has 0 saturated carbocycles. The Bertz CT molecular complexity index is 786. The summed E-state index contributed by atoms with van der Waals surface area (Å²) in [7, 11) is 0. The number of carbonyl (C=O) groups is 3. The van der Waals surface area contributed by atoms with Crippen LogP contribution in [0.1, 0.15) is 46.5 Å². The molecule has 0 aromatic heterocycles. The number of hydrogen-bond donors (Lipinski definition) is 2. The minimum atomic E-state index is -0.546. The highest BCUT2D eigenvalue weighted by molar-refractivity contribution is 6.30. The van der Waals surface area contributed by atoms with Crippen molar-refractivity contribution in [1.82, 2.24) is 10.9 Å². The summed E-state index contributed by atoms with van der Waals surface area (Å²) in [5.41, 5.74) is 5.57. The minimum absolute atomic E-state index is 0.177. The summed E-state index contributed by atoms with van der Waals surface area (Å²) in [4.78, 5) is 36.7. The van der Waals surface area contributed by atoms with Crippen molar-refractivity contribution in [3.8, 4) is 0 Å². The molecule has 2 aromatic rings. The third-order valence-corrected chi connectivity index (χ3v) is 3.68. The molecule has 2 rings (SSSR count). The molecule has 0 spiro atoms. The Kier molecular flexibility index (Phi) is 6.31. The molecular weight excluding hydrogens is 340 g/mol. The lowest BCUT2D eigenvalue weighted by Gasteiger charge is -2.11. The van der Waals surface area contributed by atoms with E-state index in [0.29, 0.717) is 17.0 Å². The molecule has 0 fully saturated rings. The Morgan fingerprint density at radius 2 is 1.52 bits per heavy atom. The van der Waals surface area contributed by atoms with E-state index in [1.54, 1.807) is 42.5 Å². The summed E-state index contributed by atoms with van der Waals surface area (Å²) in [5, 5.41) is 0.524. The summed E-state index contributed by atoms with van der Waals surface area (Å²) in [6.07, 6.45) is 0.297. The summed E-state index contributed by atoms with van der Waals surface area (Å²) < 4.78 is 0. The molecule has 6 heteroatoms. The maximum absolute atomic E-state index is 12.7. The summed E-state index contributed by atoms with van der Waals surface area (Å²) in [5.74, 6) is -0.952. The van der Waals surface area contributed by atoms with Crippen LogP contribution in [0.5, 0.6) is 0 Å². The lowest BCUT2D eigenvalue weighted by Crippen LogP contribution is -2.42. The van der Waals surface area contributed by atoms with Crippen LogP contribution < -0.4 is 10.9 Å². The first-order chi connectivity index (χ1) is 11.9. The van der Waals surface area contributed by atoms with Crippen LogP contribution in [0.3, 0.4) is 0 Å². The molecule has 0 saturated heterocycles. The van der Waals surface area contributed by atoms with Gasteiger partial charge in [-0.25, -0.2) is 0 Å². The van der Waals surface area contributed by atoms with Gasteiger partial charge in [-0.05, 0) is 36.2 Å². The first kappa shape index (κ1) is 18.7. The van der Waals surface area contributed by atoms with E-state index in [0.717, 1.165) is 0 Å². The highest BCUT2D eigenvalue weighted by atomic mass is 35.5. The Morgan fingerprint density at radius 1 is 0.920 bits per heavy atom. The van der Waals surface area contributed by atoms with Crippen LogP contribution in [0.2, 0.25) is 5.02 Å². The second kappa shape index (κ2) is 8.44. The van der Waals surface area contributed by atoms with E-state index in [1.807, 2.05) is 13.8 Å². The van der Waals surface area contributed by atoms with Crippen molar-refractivity contribution in [3.63, 3.8) is 0 Å². The lowest BCUT2D eigenvalue weighted by atomic mass is 9.98. The highest BCUT2D eigenvalue weighted by Crippen LogP contribution is 2.17. The zero-order chi connectivity index (χ0) is 18.4. The van der Waals surface area contributed by atoms with E-state index >= 15 is 0 Å². The van der Waals surface area contributed by atoms with Gasteiger partial charge in [0.2, 0.25) is 5.91 Å². The topological polar surface area (TPSA) is 75.3 Å². The fraction of sp³-hybridized carbons (Fsp3) is 0.211. The number of carbonyl (C=O) groups excluding carboxylic acids is 3. The van der Waals surface area contributed by atoms with Crippen molar-refractivity contribution in [2.45, 2.75) is 20.3 Å². The molecule has 0 bridgehead atoms. The van der Waals surface area contributed by atoms with Crippen molar-refractivity contribution >= 4 is 29.2 Å². The average molecular weight is 359 g/mol. The third kappa shape index (κ3) is 5.16. The van der Waals surface area contributed by atoms with E-state index in [2.05, 4.69) is 10.9 Å². The molecule has 0 heterocycles. The van der Waals surface area contributed by atoms with Gasteiger partial charge in [-0.2, -0.15) is 0 Å². The van der Waals surface area contributed by atoms with Gasteiger partial charge >= 0.3 is 0 Å². The zero-order valence-corrected chi connectivity index (χ0v) is 14.8. The van der Waals surface area contributed by atoms with Gasteiger partial charge in [0.1, 0.15) is 0 Å². The normalized spacial score (nSPS) is 10.4. The Labute approximate surface area is 151 Å². The van der Waals surface area contributed by atoms with Crippen molar-refractivity contribution in [1.29, 1.82) is 0 Å². The number of nitrogens with one attached hydrogen (secondary N) is 2. The van der Waals surface area contributed by atoms with Crippen LogP contribution in [-0.4, -0.2) is 17.6 Å². The van der Waals surface area contributed by atoms with Gasteiger partial charge in [-0.1, -0.05) is 43.6 Å². The second-order valence-corrected chi connectivity index (χ2v) is 6.42. The van der Waals surface area contributed by atoms with Crippen molar-refractivity contribution in [3.05, 3.63) is 70.2 Å². The summed E-state index contributed by atoms with van der Waals surface area (Å²) in [6.45, 7) is 3.81. The highest BCUT2D eigenvalue weighted by Gasteiger charge is 2.18. The molecule has 0 aliphatic heterocycles. The minimum Gasteiger partial charge on any atom is -0.289 e. The van der Waals surface area contributed by atoms with Crippen LogP contribution in [0.25, 0.3) is 0 Å². The number of benzene rings is 2. The van der Waals surface area contributed by atoms with Crippen molar-refractivity contribution in [2.24, 2.45) is 5.92 Å². The van der Waals surface area contributed by atoms with Crippen LogP contribution in [0.4, 0.5) is 0 Å². The Morgan fingerprint density at radius 3 is 2.12 bits per heavy atom. The molecule has 130 valence electrons. The van der Waals surface area contributed by atoms with Gasteiger partial charge in [0.15, 0.2) is 5.78 Å². The van der Waals surface area contributed by atoms with Crippen LogP contribution in [-0.2, 0) is 4.79 Å². The average Bonchev–Trinajstić information content (AvgIpc) is 2.59. The van der Waals surface area contributed by atoms with E-state index in [9.17, 15) is 14.4 Å². The Hall–Kier alpha value is -2.66. The van der Waals surface area contributed by atoms with Crippen molar-refractivity contribution in [2.75, 3.05) is 0 Å². The smallest absolute Gasteiger partial charge is 0.270 e. The predicted octanol–water partition coefficient (Wildman–Crippen LogP) is 3.38. The number of hydrogen-bond acceptors (Lipinski definition) is 3. The lowest BCUT2D eigenvalue weighted by molar-refractivity contribution is -0.122. The molecule has 0 radical (unpaired) electrons. The largest absolute Gasteiger partial charge is 0.289 e. The number of hydrazine groups is 1. The van der Waals surface area contributed by atoms with Crippen LogP contribution in [0, 0.1) is 5.92 Å². The summed E-state index contributed by atoms with van der Waals surface area (Å²) >= 11 is 5.84. The molecule has 5 nitrogen and oxygen atoms in total. The predicted molar refractivity (Wildman–Crippen MR) is 96.4 cm³/mol. The maximum atomic E-state index is 12.7. The van der Waals surface area contributed by atoms with E-state index in [4.69, 9.17) is 11.6 Å². The first-order valence-corrected chi connectivity index (χ1v) is 8.24. The second-order valence-electron chi connectivity index (χ2n) is 5.98. The number of rotatable bonds is 5. The fourth-order valence-corrected chi connectivity index (χ4v) is 2.38. The molecule has 2 amide bonds. The van der Waals surface area contributed by atoms with Gasteiger partial charge in [0, 0.05) is 22.6 Å². The summed E-state index contributed by atoms with van der Waals surface area (Å²) in [6, 6.07) is 12.9. The van der Waals surface area contributed by atoms with E-state index in [1.165, 1.54) is 6.07 Å². The van der Waals surface area contributed by atoms with Gasteiger partial charge in [0.05, 0.1) is 5.56 Å². The number of amides is 2. The first-order valence-electron chi connectivity index (χ1n) is 7.87. The molecule has 0 unspecified atom stereocenters. The van der Waals surface area contributed by atoms with Crippen molar-refractivity contribution < 1.29 is 14.4 Å². The van der Waals surface area contributed by atoms with Crippen LogP contribution in [0.15, 0.2) is 48.5 Å². The molecule has 0 aliphatic rings. The van der Waals surface area contributed by atoms with Crippen LogP contribution >= 0.6 is 11.6 Å². The SMILES string of the molecule is CC(C)CC(=O)NNC(=O)c1ccccc1C(=O)c1ccc(Cl)cc1. The zero-order valence-electron chi connectivity index (χ0n) is 14.0. The molecule has 2 N–H and O–H groups in total. The van der Waals surface area contributed by atoms with Gasteiger partial charge in [0.25, 0.3) is 5.91 Å². The quantitative estimate of drug-likeness (QED) is 0.635. The molecule has 0 aliphatic carbocycles. The third-order valence-electron chi connectivity index (χ3n) is 3.43. The maximum Gasteiger partial charge on any atom is 0.270 e. The monoisotopic (exact) mass is 358 g/mol. The molecule has 2 aromatic carbocycles. The number of halogens is 1. The Balaban J connectivity index is 2.17. The van der Waals surface area contributed by atoms with E-state index < -0.39 is 5.91 Å².